The number of ether oxygens (including phenoxy) is 4. The monoisotopic (exact) mass is 844 g/mol. The van der Waals surface area contributed by atoms with Gasteiger partial charge in [0.15, 0.2) is 11.4 Å². The van der Waals surface area contributed by atoms with E-state index in [4.69, 9.17) is 70.8 Å². The fourth-order valence-corrected chi connectivity index (χ4v) is 5.59. The fourth-order valence-electron chi connectivity index (χ4n) is 2.96. The summed E-state index contributed by atoms with van der Waals surface area (Å²) < 4.78 is 21.1. The van der Waals surface area contributed by atoms with Crippen LogP contribution in [-0.4, -0.2) is 76.8 Å². The number of hydrogen-bond acceptors (Lipinski definition) is 15. The van der Waals surface area contributed by atoms with Crippen LogP contribution in [0.3, 0.4) is 0 Å². The van der Waals surface area contributed by atoms with Crippen molar-refractivity contribution in [3.63, 3.8) is 0 Å². The predicted octanol–water partition coefficient (Wildman–Crippen LogP) is 10.3. The van der Waals surface area contributed by atoms with Crippen molar-refractivity contribution in [1.82, 2.24) is 19.9 Å². The zero-order valence-corrected chi connectivity index (χ0v) is 35.1. The molecule has 52 heavy (non-hydrogen) atoms. The maximum absolute atomic E-state index is 12.0. The predicted molar refractivity (Wildman–Crippen MR) is 203 cm³/mol. The Bertz CT molecular complexity index is 1860. The van der Waals surface area contributed by atoms with Gasteiger partial charge in [-0.2, -0.15) is 0 Å². The Hall–Kier alpha value is -3.12. The highest BCUT2D eigenvalue weighted by Crippen LogP contribution is 2.32. The van der Waals surface area contributed by atoms with E-state index in [1.165, 1.54) is 11.3 Å². The molecule has 0 aliphatic rings. The third kappa shape index (κ3) is 19.1. The molecule has 0 saturated heterocycles. The molecule has 0 unspecified atom stereocenters. The van der Waals surface area contributed by atoms with Crippen LogP contribution in [0.5, 0.6) is 0 Å². The number of halogens is 4. The van der Waals surface area contributed by atoms with Crippen molar-refractivity contribution in [2.45, 2.75) is 105 Å². The zero-order chi connectivity index (χ0) is 40.6. The lowest BCUT2D eigenvalue weighted by Gasteiger charge is -2.20. The van der Waals surface area contributed by atoms with Gasteiger partial charge in [-0.3, -0.25) is 0 Å². The molecule has 0 bridgehead atoms. The summed E-state index contributed by atoms with van der Waals surface area (Å²) in [5, 5.41) is 17.3. The van der Waals surface area contributed by atoms with E-state index in [-0.39, 0.29) is 22.0 Å². The maximum Gasteiger partial charge on any atom is 0.519 e. The number of thiophene rings is 2. The lowest BCUT2D eigenvalue weighted by atomic mass is 10.2. The number of nitrogens with zero attached hydrogens (tertiary/aromatic N) is 4. The average Bonchev–Trinajstić information content (AvgIpc) is 3.44. The molecule has 0 aliphatic carbocycles. The van der Waals surface area contributed by atoms with Gasteiger partial charge in [0.05, 0.1) is 34.7 Å². The number of carboxylic acid groups (broad SMARTS) is 1. The number of aliphatic hydroxyl groups is 1. The number of carbonyl (C=O) groups excluding carboxylic acids is 3. The Morgan fingerprint density at radius 2 is 0.923 bits per heavy atom. The normalized spacial score (nSPS) is 11.6. The summed E-state index contributed by atoms with van der Waals surface area (Å²) in [7, 11) is 0. The molecule has 0 radical (unpaired) electrons. The van der Waals surface area contributed by atoms with Crippen LogP contribution in [-0.2, 0) is 18.9 Å². The van der Waals surface area contributed by atoms with Crippen molar-refractivity contribution in [3.05, 3.63) is 42.8 Å². The summed E-state index contributed by atoms with van der Waals surface area (Å²) >= 11 is 25.3. The number of hydrogen-bond donors (Lipinski definition) is 2. The average molecular weight is 847 g/mol. The van der Waals surface area contributed by atoms with Gasteiger partial charge in [-0.15, -0.1) is 22.7 Å². The van der Waals surface area contributed by atoms with Crippen molar-refractivity contribution in [1.29, 1.82) is 0 Å². The van der Waals surface area contributed by atoms with E-state index in [0.29, 0.717) is 29.1 Å². The Balaban J connectivity index is 0.000000368. The molecule has 2 N–H and O–H groups in total. The van der Waals surface area contributed by atoms with Gasteiger partial charge in [0, 0.05) is 0 Å². The molecule has 4 rings (SSSR count). The Morgan fingerprint density at radius 1 is 0.596 bits per heavy atom. The Labute approximate surface area is 328 Å². The SMILES string of the molecule is CC(C)(C)O.CC(C)(C)OC(=O)OC(=O)OC(C)(C)C.CC(C)(C)OC(=O)c1nc(Cl)nc2cc(Cl)sc12.O=C(O)c1nc(Cl)nc2cc(Cl)sc12. The molecule has 288 valence electrons. The number of carbonyl (C=O) groups is 4. The largest absolute Gasteiger partial charge is 0.519 e. The van der Waals surface area contributed by atoms with Gasteiger partial charge in [0.25, 0.3) is 0 Å². The van der Waals surface area contributed by atoms with Crippen molar-refractivity contribution in [3.8, 4) is 0 Å². The molecule has 20 heteroatoms. The molecule has 0 aliphatic heterocycles. The van der Waals surface area contributed by atoms with E-state index in [9.17, 15) is 19.2 Å². The highest BCUT2D eigenvalue weighted by Gasteiger charge is 2.25. The molecule has 0 spiro atoms. The minimum Gasteiger partial charge on any atom is -0.476 e. The second-order valence-electron chi connectivity index (χ2n) is 14.2. The molecule has 0 fully saturated rings. The minimum atomic E-state index is -1.14. The first-order valence-corrected chi connectivity index (χ1v) is 18.1. The molecular formula is C32H40Cl4N4O10S2. The highest BCUT2D eigenvalue weighted by molar-refractivity contribution is 7.23. The van der Waals surface area contributed by atoms with Crippen LogP contribution in [0.25, 0.3) is 20.4 Å². The van der Waals surface area contributed by atoms with Crippen LogP contribution in [0.1, 0.15) is 104 Å². The van der Waals surface area contributed by atoms with Crippen LogP contribution in [0.2, 0.25) is 19.2 Å². The summed E-state index contributed by atoms with van der Waals surface area (Å²) in [6.45, 7) is 20.6. The summed E-state index contributed by atoms with van der Waals surface area (Å²) in [5.41, 5.74) is -1.45. The third-order valence-corrected chi connectivity index (χ3v) is 7.23. The molecule has 0 saturated carbocycles. The summed E-state index contributed by atoms with van der Waals surface area (Å²) in [5.74, 6) is -1.67. The molecule has 0 amide bonds. The summed E-state index contributed by atoms with van der Waals surface area (Å²) in [4.78, 5) is 60.3. The van der Waals surface area contributed by atoms with E-state index in [1.54, 1.807) is 95.2 Å². The standard InChI is InChI=1S/C11H10Cl2N2O2S.C10H18O5.C7H2Cl2N2O2S.C4H10O/c1-11(2,3)17-9(16)7-8-5(4-6(12)18-8)14-10(13)15-7;1-9(2,3)14-7(11)13-8(12)15-10(4,5)6;8-3-1-2-5(14-3)4(6(12)13)11-7(9)10-2;1-4(2,3)5/h4H,1-3H3;1-6H3;1H,(H,12,13);5H,1-3H3. The first-order chi connectivity index (χ1) is 23.3. The molecule has 0 aromatic carbocycles. The quantitative estimate of drug-likeness (QED) is 0.0836. The number of carboxylic acids is 1. The van der Waals surface area contributed by atoms with Crippen molar-refractivity contribution in [2.75, 3.05) is 0 Å². The van der Waals surface area contributed by atoms with Gasteiger partial charge in [-0.05, 0) is 118 Å². The number of aromatic carboxylic acids is 1. The molecule has 4 aromatic heterocycles. The lowest BCUT2D eigenvalue weighted by Crippen LogP contribution is -2.29. The maximum atomic E-state index is 12.0. The zero-order valence-electron chi connectivity index (χ0n) is 30.4. The van der Waals surface area contributed by atoms with Crippen LogP contribution in [0.15, 0.2) is 12.1 Å². The van der Waals surface area contributed by atoms with E-state index in [2.05, 4.69) is 24.7 Å². The van der Waals surface area contributed by atoms with Crippen LogP contribution in [0, 0.1) is 0 Å². The highest BCUT2D eigenvalue weighted by atomic mass is 35.5. The van der Waals surface area contributed by atoms with Gasteiger partial charge in [-0.1, -0.05) is 23.2 Å². The van der Waals surface area contributed by atoms with E-state index < -0.39 is 46.7 Å². The van der Waals surface area contributed by atoms with E-state index in [0.717, 1.165) is 11.3 Å². The first-order valence-electron chi connectivity index (χ1n) is 14.9. The van der Waals surface area contributed by atoms with Gasteiger partial charge in [-0.25, -0.2) is 39.1 Å². The van der Waals surface area contributed by atoms with Gasteiger partial charge in [0.2, 0.25) is 10.6 Å². The number of esters is 1. The summed E-state index contributed by atoms with van der Waals surface area (Å²) in [6.07, 6.45) is -2.12. The Kier molecular flexibility index (Phi) is 16.9. The van der Waals surface area contributed by atoms with E-state index >= 15 is 0 Å². The molecule has 0 atom stereocenters. The summed E-state index contributed by atoms with van der Waals surface area (Å²) in [6, 6.07) is 3.20. The molecular weight excluding hydrogens is 806 g/mol. The Morgan fingerprint density at radius 3 is 1.25 bits per heavy atom. The van der Waals surface area contributed by atoms with Crippen molar-refractivity contribution in [2.24, 2.45) is 0 Å². The van der Waals surface area contributed by atoms with Gasteiger partial charge in [0.1, 0.15) is 16.8 Å². The minimum absolute atomic E-state index is 0.00201. The second-order valence-corrected chi connectivity index (χ2v) is 18.3. The second kappa shape index (κ2) is 18.8. The van der Waals surface area contributed by atoms with Crippen LogP contribution in [0.4, 0.5) is 9.59 Å². The first kappa shape index (κ1) is 46.9. The van der Waals surface area contributed by atoms with Crippen molar-refractivity contribution < 1.29 is 48.3 Å². The number of rotatable bonds is 2. The topological polar surface area (TPSA) is 197 Å². The smallest absolute Gasteiger partial charge is 0.476 e. The third-order valence-electron chi connectivity index (χ3n) is 4.37. The molecule has 14 nitrogen and oxygen atoms in total. The fraction of sp³-hybridized carbons (Fsp3) is 0.500. The van der Waals surface area contributed by atoms with Gasteiger partial charge < -0.3 is 29.2 Å². The molecule has 4 aromatic rings. The van der Waals surface area contributed by atoms with Crippen molar-refractivity contribution >= 4 is 114 Å². The number of aromatic nitrogens is 4. The number of fused-ring (bicyclic) bond motifs is 2. The van der Waals surface area contributed by atoms with E-state index in [1.807, 2.05) is 0 Å². The van der Waals surface area contributed by atoms with Crippen LogP contribution >= 0.6 is 69.1 Å². The van der Waals surface area contributed by atoms with Gasteiger partial charge >= 0.3 is 24.2 Å². The van der Waals surface area contributed by atoms with Crippen LogP contribution < -0.4 is 0 Å². The molecule has 4 heterocycles. The lowest BCUT2D eigenvalue weighted by molar-refractivity contribution is -0.0295.